The van der Waals surface area contributed by atoms with Crippen molar-refractivity contribution in [2.45, 2.75) is 6.10 Å². The molecular formula is C23H19N3O8. The van der Waals surface area contributed by atoms with Crippen molar-refractivity contribution in [3.63, 3.8) is 0 Å². The van der Waals surface area contributed by atoms with Gasteiger partial charge < -0.3 is 19.8 Å². The molecule has 11 nitrogen and oxygen atoms in total. The lowest BCUT2D eigenvalue weighted by atomic mass is 9.99. The molecule has 3 rings (SSSR count). The number of non-ortho nitro benzene ring substituents is 1. The Balaban J connectivity index is 1.62. The minimum Gasteiger partial charge on any atom is -0.459 e. The Morgan fingerprint density at radius 3 is 2.24 bits per heavy atom. The smallest absolute Gasteiger partial charge is 0.326 e. The summed E-state index contributed by atoms with van der Waals surface area (Å²) in [5, 5.41) is 15.5. The van der Waals surface area contributed by atoms with Crippen LogP contribution < -0.4 is 10.6 Å². The fourth-order valence-corrected chi connectivity index (χ4v) is 2.86. The zero-order valence-electron chi connectivity index (χ0n) is 17.6. The van der Waals surface area contributed by atoms with Gasteiger partial charge in [-0.05, 0) is 24.3 Å². The summed E-state index contributed by atoms with van der Waals surface area (Å²) < 4.78 is 10.2. The van der Waals surface area contributed by atoms with Crippen LogP contribution in [0.15, 0.2) is 77.4 Å². The van der Waals surface area contributed by atoms with Gasteiger partial charge in [0.1, 0.15) is 6.54 Å². The van der Waals surface area contributed by atoms with Gasteiger partial charge in [-0.2, -0.15) is 0 Å². The zero-order chi connectivity index (χ0) is 24.5. The third-order valence-electron chi connectivity index (χ3n) is 4.54. The monoisotopic (exact) mass is 465 g/mol. The number of amides is 2. The molecule has 0 saturated carbocycles. The van der Waals surface area contributed by atoms with Crippen LogP contribution >= 0.6 is 0 Å². The summed E-state index contributed by atoms with van der Waals surface area (Å²) in [5.41, 5.74) is 0.304. The van der Waals surface area contributed by atoms with Crippen molar-refractivity contribution in [3.05, 3.63) is 100.0 Å². The number of nitro groups is 1. The van der Waals surface area contributed by atoms with Crippen molar-refractivity contribution in [3.8, 4) is 0 Å². The molecule has 1 aromatic heterocycles. The average molecular weight is 465 g/mol. The maximum Gasteiger partial charge on any atom is 0.326 e. The van der Waals surface area contributed by atoms with Crippen molar-refractivity contribution in [2.24, 2.45) is 0 Å². The molecule has 0 unspecified atom stereocenters. The Hall–Kier alpha value is -4.80. The summed E-state index contributed by atoms with van der Waals surface area (Å²) in [6.45, 7) is -0.984. The number of ether oxygens (including phenoxy) is 1. The van der Waals surface area contributed by atoms with E-state index < -0.39 is 47.7 Å². The second-order valence-corrected chi connectivity index (χ2v) is 6.89. The van der Waals surface area contributed by atoms with Crippen LogP contribution in [0.5, 0.6) is 0 Å². The molecule has 1 atom stereocenters. The lowest BCUT2D eigenvalue weighted by molar-refractivity contribution is -0.384. The fourth-order valence-electron chi connectivity index (χ4n) is 2.86. The third kappa shape index (κ3) is 6.36. The normalized spacial score (nSPS) is 11.2. The number of hydrogen-bond donors (Lipinski definition) is 2. The standard InChI is InChI=1S/C23H19N3O8/c27-19(13-25-23(30)18-7-4-12-33-18)24-14-20(28)34-22(21(29)15-5-2-1-3-6-15)16-8-10-17(11-9-16)26(31)32/h1-12,22H,13-14H2,(H,24,27)(H,25,30)/t22-/m1/s1. The van der Waals surface area contributed by atoms with E-state index in [0.717, 1.165) is 0 Å². The van der Waals surface area contributed by atoms with Crippen LogP contribution in [-0.2, 0) is 14.3 Å². The summed E-state index contributed by atoms with van der Waals surface area (Å²) in [4.78, 5) is 59.4. The number of carbonyl (C=O) groups excluding carboxylic acids is 4. The highest BCUT2D eigenvalue weighted by Crippen LogP contribution is 2.25. The van der Waals surface area contributed by atoms with Crippen LogP contribution in [0.3, 0.4) is 0 Å². The average Bonchev–Trinajstić information content (AvgIpc) is 3.40. The van der Waals surface area contributed by atoms with Gasteiger partial charge in [0.25, 0.3) is 11.6 Å². The molecule has 1 heterocycles. The van der Waals surface area contributed by atoms with Gasteiger partial charge >= 0.3 is 5.97 Å². The molecule has 0 radical (unpaired) electrons. The molecular weight excluding hydrogens is 446 g/mol. The number of nitrogens with zero attached hydrogens (tertiary/aromatic N) is 1. The van der Waals surface area contributed by atoms with Crippen molar-refractivity contribution >= 4 is 29.3 Å². The number of benzene rings is 2. The molecule has 0 aliphatic carbocycles. The highest BCUT2D eigenvalue weighted by Gasteiger charge is 2.27. The predicted molar refractivity (Wildman–Crippen MR) is 117 cm³/mol. The minimum absolute atomic E-state index is 0.0255. The number of esters is 1. The maximum atomic E-state index is 13.0. The largest absolute Gasteiger partial charge is 0.459 e. The lowest BCUT2D eigenvalue weighted by Gasteiger charge is -2.17. The Kier molecular flexibility index (Phi) is 7.84. The van der Waals surface area contributed by atoms with E-state index >= 15 is 0 Å². The number of furan rings is 1. The summed E-state index contributed by atoms with van der Waals surface area (Å²) in [6.07, 6.45) is -0.0745. The first-order chi connectivity index (χ1) is 16.3. The summed E-state index contributed by atoms with van der Waals surface area (Å²) in [5.74, 6) is -2.71. The molecule has 0 saturated heterocycles. The van der Waals surface area contributed by atoms with Crippen LogP contribution in [-0.4, -0.2) is 41.6 Å². The first kappa shape index (κ1) is 23.9. The van der Waals surface area contributed by atoms with Crippen molar-refractivity contribution < 1.29 is 33.3 Å². The Bertz CT molecular complexity index is 1170. The second-order valence-electron chi connectivity index (χ2n) is 6.89. The maximum absolute atomic E-state index is 13.0. The third-order valence-corrected chi connectivity index (χ3v) is 4.54. The molecule has 2 aromatic carbocycles. The van der Waals surface area contributed by atoms with E-state index in [-0.39, 0.29) is 22.6 Å². The molecule has 0 fully saturated rings. The number of rotatable bonds is 10. The van der Waals surface area contributed by atoms with Crippen molar-refractivity contribution in [2.75, 3.05) is 13.1 Å². The SMILES string of the molecule is O=C(CNC(=O)c1ccco1)NCC(=O)O[C@@H](C(=O)c1ccccc1)c1ccc([N+](=O)[O-])cc1. The van der Waals surface area contributed by atoms with Gasteiger partial charge in [-0.1, -0.05) is 30.3 Å². The minimum atomic E-state index is -1.38. The van der Waals surface area contributed by atoms with Crippen LogP contribution in [0.1, 0.15) is 32.6 Å². The van der Waals surface area contributed by atoms with Crippen LogP contribution in [0.2, 0.25) is 0 Å². The zero-order valence-corrected chi connectivity index (χ0v) is 17.6. The number of ketones is 1. The Morgan fingerprint density at radius 2 is 1.62 bits per heavy atom. The van der Waals surface area contributed by atoms with Gasteiger partial charge in [0, 0.05) is 23.3 Å². The Labute approximate surface area is 192 Å². The van der Waals surface area contributed by atoms with E-state index in [0.29, 0.717) is 0 Å². The summed E-state index contributed by atoms with van der Waals surface area (Å²) in [7, 11) is 0. The number of Topliss-reactive ketones (excluding diaryl/α,β-unsaturated/α-hetero) is 1. The number of hydrogen-bond acceptors (Lipinski definition) is 8. The van der Waals surface area contributed by atoms with Gasteiger partial charge in [-0.25, -0.2) is 0 Å². The van der Waals surface area contributed by atoms with Crippen LogP contribution in [0, 0.1) is 10.1 Å². The van der Waals surface area contributed by atoms with Gasteiger partial charge in [0.05, 0.1) is 17.7 Å². The van der Waals surface area contributed by atoms with Gasteiger partial charge in [0.2, 0.25) is 11.7 Å². The molecule has 34 heavy (non-hydrogen) atoms. The van der Waals surface area contributed by atoms with E-state index in [9.17, 15) is 29.3 Å². The molecule has 11 heteroatoms. The highest BCUT2D eigenvalue weighted by molar-refractivity contribution is 6.01. The lowest BCUT2D eigenvalue weighted by Crippen LogP contribution is -2.39. The first-order valence-corrected chi connectivity index (χ1v) is 9.96. The van der Waals surface area contributed by atoms with Crippen molar-refractivity contribution in [1.29, 1.82) is 0 Å². The van der Waals surface area contributed by atoms with Gasteiger partial charge in [-0.3, -0.25) is 29.3 Å². The van der Waals surface area contributed by atoms with Crippen molar-refractivity contribution in [1.82, 2.24) is 10.6 Å². The predicted octanol–water partition coefficient (Wildman–Crippen LogP) is 2.20. The summed E-state index contributed by atoms with van der Waals surface area (Å²) >= 11 is 0. The second kappa shape index (κ2) is 11.2. The van der Waals surface area contributed by atoms with E-state index in [4.69, 9.17) is 9.15 Å². The molecule has 2 N–H and O–H groups in total. The van der Waals surface area contributed by atoms with E-state index in [1.165, 1.54) is 54.8 Å². The van der Waals surface area contributed by atoms with E-state index in [2.05, 4.69) is 10.6 Å². The van der Waals surface area contributed by atoms with Crippen LogP contribution in [0.25, 0.3) is 0 Å². The molecule has 2 amide bonds. The number of nitrogens with one attached hydrogen (secondary N) is 2. The topological polar surface area (TPSA) is 158 Å². The quantitative estimate of drug-likeness (QED) is 0.200. The van der Waals surface area contributed by atoms with E-state index in [1.54, 1.807) is 18.2 Å². The number of carbonyl (C=O) groups is 4. The van der Waals surface area contributed by atoms with Crippen LogP contribution in [0.4, 0.5) is 5.69 Å². The molecule has 0 bridgehead atoms. The van der Waals surface area contributed by atoms with Gasteiger partial charge in [0.15, 0.2) is 11.9 Å². The number of nitro benzene ring substituents is 1. The molecule has 0 aliphatic rings. The Morgan fingerprint density at radius 1 is 0.912 bits per heavy atom. The fraction of sp³-hybridized carbons (Fsp3) is 0.130. The molecule has 174 valence electrons. The summed E-state index contributed by atoms with van der Waals surface area (Å²) in [6, 6.07) is 16.0. The molecule has 3 aromatic rings. The molecule has 0 aliphatic heterocycles. The first-order valence-electron chi connectivity index (χ1n) is 9.96. The molecule has 0 spiro atoms. The van der Waals surface area contributed by atoms with Gasteiger partial charge in [-0.15, -0.1) is 0 Å². The van der Waals surface area contributed by atoms with E-state index in [1.807, 2.05) is 0 Å². The highest BCUT2D eigenvalue weighted by atomic mass is 16.6.